The van der Waals surface area contributed by atoms with E-state index in [0.29, 0.717) is 6.54 Å². The first kappa shape index (κ1) is 18.4. The third-order valence-corrected chi connectivity index (χ3v) is 5.47. The second-order valence-corrected chi connectivity index (χ2v) is 8.18. The maximum absolute atomic E-state index is 12.2. The van der Waals surface area contributed by atoms with Crippen molar-refractivity contribution in [3.05, 3.63) is 35.4 Å². The molecule has 4 nitrogen and oxygen atoms in total. The van der Waals surface area contributed by atoms with Crippen molar-refractivity contribution < 1.29 is 4.79 Å². The van der Waals surface area contributed by atoms with E-state index in [-0.39, 0.29) is 11.9 Å². The van der Waals surface area contributed by atoms with Gasteiger partial charge >= 0.3 is 0 Å². The number of hydrogen-bond acceptors (Lipinski definition) is 3. The van der Waals surface area contributed by atoms with E-state index in [4.69, 9.17) is 0 Å². The first-order valence-electron chi connectivity index (χ1n) is 9.91. The summed E-state index contributed by atoms with van der Waals surface area (Å²) in [5.74, 6) is 1.73. The zero-order valence-corrected chi connectivity index (χ0v) is 15.8. The number of piperidine rings is 2. The third kappa shape index (κ3) is 5.55. The van der Waals surface area contributed by atoms with Crippen LogP contribution in [-0.2, 0) is 17.9 Å². The predicted molar refractivity (Wildman–Crippen MR) is 102 cm³/mol. The average molecular weight is 344 g/mol. The summed E-state index contributed by atoms with van der Waals surface area (Å²) in [6.07, 6.45) is 4.63. The maximum atomic E-state index is 12.2. The number of amides is 1. The zero-order valence-electron chi connectivity index (χ0n) is 15.8. The van der Waals surface area contributed by atoms with Gasteiger partial charge in [-0.1, -0.05) is 44.5 Å². The van der Waals surface area contributed by atoms with Gasteiger partial charge in [0.15, 0.2) is 0 Å². The van der Waals surface area contributed by atoms with Crippen molar-refractivity contribution >= 4 is 5.91 Å². The highest BCUT2D eigenvalue weighted by atomic mass is 16.2. The van der Waals surface area contributed by atoms with Crippen molar-refractivity contribution in [2.75, 3.05) is 19.6 Å². The standard InChI is InChI=1S/C21H33N3O/c1-16-11-17(2)14-24(13-16)15-19-8-6-18(7-9-19)12-23-21(25)20-5-3-4-10-22-20/h6-9,16-17,20,22H,3-5,10-15H2,1-2H3,(H,23,25)/t16?,17?,20-/m1/s1. The van der Waals surface area contributed by atoms with E-state index in [1.807, 2.05) is 0 Å². The van der Waals surface area contributed by atoms with Gasteiger partial charge in [0.05, 0.1) is 6.04 Å². The Hall–Kier alpha value is -1.39. The molecule has 0 aromatic heterocycles. The van der Waals surface area contributed by atoms with Gasteiger partial charge in [-0.25, -0.2) is 0 Å². The van der Waals surface area contributed by atoms with Crippen LogP contribution in [0.25, 0.3) is 0 Å². The van der Waals surface area contributed by atoms with Crippen molar-refractivity contribution in [3.63, 3.8) is 0 Å². The summed E-state index contributed by atoms with van der Waals surface area (Å²) in [6.45, 7) is 9.74. The largest absolute Gasteiger partial charge is 0.351 e. The van der Waals surface area contributed by atoms with Crippen LogP contribution in [0.3, 0.4) is 0 Å². The Bertz CT molecular complexity index is 541. The highest BCUT2D eigenvalue weighted by Crippen LogP contribution is 2.22. The lowest BCUT2D eigenvalue weighted by Gasteiger charge is -2.35. The fraction of sp³-hybridized carbons (Fsp3) is 0.667. The molecule has 1 aromatic carbocycles. The van der Waals surface area contributed by atoms with E-state index >= 15 is 0 Å². The number of carbonyl (C=O) groups is 1. The summed E-state index contributed by atoms with van der Waals surface area (Å²) in [6, 6.07) is 8.73. The van der Waals surface area contributed by atoms with Crippen LogP contribution in [0.5, 0.6) is 0 Å². The van der Waals surface area contributed by atoms with Gasteiger partial charge in [0.25, 0.3) is 0 Å². The molecule has 1 amide bonds. The molecule has 0 radical (unpaired) electrons. The van der Waals surface area contributed by atoms with Crippen LogP contribution < -0.4 is 10.6 Å². The molecular weight excluding hydrogens is 310 g/mol. The summed E-state index contributed by atoms with van der Waals surface area (Å²) in [4.78, 5) is 14.8. The predicted octanol–water partition coefficient (Wildman–Crippen LogP) is 2.92. The molecule has 2 heterocycles. The summed E-state index contributed by atoms with van der Waals surface area (Å²) in [7, 11) is 0. The smallest absolute Gasteiger partial charge is 0.237 e. The monoisotopic (exact) mass is 343 g/mol. The lowest BCUT2D eigenvalue weighted by molar-refractivity contribution is -0.123. The molecule has 25 heavy (non-hydrogen) atoms. The molecule has 0 saturated carbocycles. The van der Waals surface area contributed by atoms with E-state index in [0.717, 1.165) is 37.8 Å². The number of hydrogen-bond donors (Lipinski definition) is 2. The second kappa shape index (κ2) is 8.81. The van der Waals surface area contributed by atoms with Crippen LogP contribution in [-0.4, -0.2) is 36.5 Å². The summed E-state index contributed by atoms with van der Waals surface area (Å²) in [5, 5.41) is 6.37. The molecule has 2 aliphatic heterocycles. The number of nitrogens with one attached hydrogen (secondary N) is 2. The second-order valence-electron chi connectivity index (χ2n) is 8.18. The van der Waals surface area contributed by atoms with Gasteiger partial charge in [0.2, 0.25) is 5.91 Å². The highest BCUT2D eigenvalue weighted by molar-refractivity contribution is 5.81. The molecule has 4 heteroatoms. The number of carbonyl (C=O) groups excluding carboxylic acids is 1. The van der Waals surface area contributed by atoms with Crippen LogP contribution in [0.15, 0.2) is 24.3 Å². The van der Waals surface area contributed by atoms with Gasteiger partial charge in [-0.3, -0.25) is 9.69 Å². The Morgan fingerprint density at radius 3 is 2.44 bits per heavy atom. The minimum absolute atomic E-state index is 0.00361. The van der Waals surface area contributed by atoms with E-state index in [1.165, 1.54) is 37.1 Å². The molecule has 0 spiro atoms. The first-order valence-corrected chi connectivity index (χ1v) is 9.91. The Morgan fingerprint density at radius 1 is 1.12 bits per heavy atom. The van der Waals surface area contributed by atoms with Gasteiger partial charge in [-0.15, -0.1) is 0 Å². The zero-order chi connectivity index (χ0) is 17.6. The highest BCUT2D eigenvalue weighted by Gasteiger charge is 2.22. The van der Waals surface area contributed by atoms with Crippen LogP contribution in [0.2, 0.25) is 0 Å². The van der Waals surface area contributed by atoms with Crippen LogP contribution in [0.4, 0.5) is 0 Å². The van der Waals surface area contributed by atoms with Gasteiger partial charge in [-0.2, -0.15) is 0 Å². The van der Waals surface area contributed by atoms with Gasteiger partial charge in [0, 0.05) is 26.2 Å². The van der Waals surface area contributed by atoms with E-state index in [9.17, 15) is 4.79 Å². The maximum Gasteiger partial charge on any atom is 0.237 e. The first-order chi connectivity index (χ1) is 12.1. The molecule has 3 atom stereocenters. The molecule has 2 N–H and O–H groups in total. The Kier molecular flexibility index (Phi) is 6.49. The fourth-order valence-corrected chi connectivity index (χ4v) is 4.33. The summed E-state index contributed by atoms with van der Waals surface area (Å²) < 4.78 is 0. The normalized spacial score (nSPS) is 27.8. The van der Waals surface area contributed by atoms with E-state index in [2.05, 4.69) is 53.6 Å². The number of nitrogens with zero attached hydrogens (tertiary/aromatic N) is 1. The van der Waals surface area contributed by atoms with E-state index in [1.54, 1.807) is 0 Å². The molecule has 2 saturated heterocycles. The van der Waals surface area contributed by atoms with Crippen LogP contribution in [0, 0.1) is 11.8 Å². The van der Waals surface area contributed by atoms with E-state index < -0.39 is 0 Å². The van der Waals surface area contributed by atoms with Crippen molar-refractivity contribution in [2.24, 2.45) is 11.8 Å². The lowest BCUT2D eigenvalue weighted by Crippen LogP contribution is -2.46. The van der Waals surface area contributed by atoms with Crippen LogP contribution >= 0.6 is 0 Å². The van der Waals surface area contributed by atoms with Gasteiger partial charge < -0.3 is 10.6 Å². The third-order valence-electron chi connectivity index (χ3n) is 5.47. The summed E-state index contributed by atoms with van der Waals surface area (Å²) in [5.41, 5.74) is 2.54. The molecule has 1 aromatic rings. The minimum atomic E-state index is -0.00361. The van der Waals surface area contributed by atoms with Crippen molar-refractivity contribution in [3.8, 4) is 0 Å². The molecule has 3 rings (SSSR count). The molecule has 2 unspecified atom stereocenters. The molecule has 138 valence electrons. The molecular formula is C21H33N3O. The molecule has 0 aliphatic carbocycles. The number of rotatable bonds is 5. The topological polar surface area (TPSA) is 44.4 Å². The Morgan fingerprint density at radius 2 is 1.80 bits per heavy atom. The Labute approximate surface area is 152 Å². The van der Waals surface area contributed by atoms with Crippen molar-refractivity contribution in [2.45, 2.75) is 58.7 Å². The number of benzene rings is 1. The summed E-state index contributed by atoms with van der Waals surface area (Å²) >= 11 is 0. The molecule has 2 aliphatic rings. The average Bonchev–Trinajstić information content (AvgIpc) is 2.61. The lowest BCUT2D eigenvalue weighted by atomic mass is 9.91. The molecule has 0 bridgehead atoms. The fourth-order valence-electron chi connectivity index (χ4n) is 4.33. The van der Waals surface area contributed by atoms with Crippen molar-refractivity contribution in [1.29, 1.82) is 0 Å². The quantitative estimate of drug-likeness (QED) is 0.864. The van der Waals surface area contributed by atoms with Crippen molar-refractivity contribution in [1.82, 2.24) is 15.5 Å². The number of likely N-dealkylation sites (tertiary alicyclic amines) is 1. The Balaban J connectivity index is 1.46. The van der Waals surface area contributed by atoms with Gasteiger partial charge in [-0.05, 0) is 48.8 Å². The van der Waals surface area contributed by atoms with Gasteiger partial charge in [0.1, 0.15) is 0 Å². The SMILES string of the molecule is CC1CC(C)CN(Cc2ccc(CNC(=O)[C@H]3CCCCN3)cc2)C1. The minimum Gasteiger partial charge on any atom is -0.351 e. The van der Waals surface area contributed by atoms with Crippen LogP contribution in [0.1, 0.15) is 50.7 Å². The molecule has 2 fully saturated rings.